The van der Waals surface area contributed by atoms with Crippen LogP contribution >= 0.6 is 27.5 Å². The predicted molar refractivity (Wildman–Crippen MR) is 168 cm³/mol. The van der Waals surface area contributed by atoms with Crippen LogP contribution in [-0.2, 0) is 26.2 Å². The molecule has 1 aliphatic rings. The van der Waals surface area contributed by atoms with Gasteiger partial charge in [0.1, 0.15) is 18.3 Å². The Morgan fingerprint density at radius 3 is 2.38 bits per heavy atom. The number of sulfonamides is 1. The van der Waals surface area contributed by atoms with E-state index in [1.165, 1.54) is 30.2 Å². The predicted octanol–water partition coefficient (Wildman–Crippen LogP) is 6.09. The molecule has 0 heterocycles. The van der Waals surface area contributed by atoms with Gasteiger partial charge in [-0.1, -0.05) is 70.2 Å². The van der Waals surface area contributed by atoms with Crippen LogP contribution in [0, 0.1) is 6.92 Å². The Hall–Kier alpha value is -3.08. The fraction of sp³-hybridized carbons (Fsp3) is 0.355. The Morgan fingerprint density at radius 1 is 1.07 bits per heavy atom. The SMILES string of the molecule is COc1ccc(N(CC(=O)N(Cc2cccc(Br)c2)C(C)C(=O)NC2CCCC2)S(=O)(=O)c2ccc(C)cc2)cc1Cl. The molecular formula is C31H35BrClN3O5S. The van der Waals surface area contributed by atoms with Gasteiger partial charge in [0, 0.05) is 17.1 Å². The molecule has 1 N–H and O–H groups in total. The lowest BCUT2D eigenvalue weighted by Crippen LogP contribution is -2.52. The molecule has 1 atom stereocenters. The van der Waals surface area contributed by atoms with E-state index in [0.717, 1.165) is 45.6 Å². The molecule has 0 aromatic heterocycles. The van der Waals surface area contributed by atoms with Crippen molar-refractivity contribution in [1.29, 1.82) is 0 Å². The highest BCUT2D eigenvalue weighted by molar-refractivity contribution is 9.10. The summed E-state index contributed by atoms with van der Waals surface area (Å²) in [6, 6.07) is 17.6. The number of rotatable bonds is 11. The number of nitrogens with zero attached hydrogens (tertiary/aromatic N) is 2. The zero-order chi connectivity index (χ0) is 30.4. The molecule has 0 radical (unpaired) electrons. The van der Waals surface area contributed by atoms with Crippen LogP contribution in [-0.4, -0.2) is 50.9 Å². The summed E-state index contributed by atoms with van der Waals surface area (Å²) in [4.78, 5) is 28.9. The number of halogens is 2. The molecule has 3 aromatic carbocycles. The first-order chi connectivity index (χ1) is 20.0. The molecule has 3 aromatic rings. The third kappa shape index (κ3) is 7.65. The van der Waals surface area contributed by atoms with Crippen molar-refractivity contribution in [1.82, 2.24) is 10.2 Å². The van der Waals surface area contributed by atoms with E-state index >= 15 is 0 Å². The zero-order valence-electron chi connectivity index (χ0n) is 23.8. The number of carbonyl (C=O) groups excluding carboxylic acids is 2. The number of methoxy groups -OCH3 is 1. The molecule has 1 fully saturated rings. The van der Waals surface area contributed by atoms with Gasteiger partial charge in [-0.2, -0.15) is 0 Å². The van der Waals surface area contributed by atoms with Crippen LogP contribution in [0.3, 0.4) is 0 Å². The molecule has 42 heavy (non-hydrogen) atoms. The van der Waals surface area contributed by atoms with Gasteiger partial charge >= 0.3 is 0 Å². The van der Waals surface area contributed by atoms with Crippen LogP contribution in [0.2, 0.25) is 5.02 Å². The van der Waals surface area contributed by atoms with Crippen LogP contribution in [0.4, 0.5) is 5.69 Å². The van der Waals surface area contributed by atoms with Gasteiger partial charge < -0.3 is 15.0 Å². The summed E-state index contributed by atoms with van der Waals surface area (Å²) < 4.78 is 35.1. The lowest BCUT2D eigenvalue weighted by molar-refractivity contribution is -0.139. The van der Waals surface area contributed by atoms with E-state index in [9.17, 15) is 18.0 Å². The van der Waals surface area contributed by atoms with Crippen molar-refractivity contribution in [2.45, 2.75) is 63.1 Å². The Labute approximate surface area is 261 Å². The van der Waals surface area contributed by atoms with Crippen LogP contribution in [0.15, 0.2) is 76.1 Å². The Kier molecular flexibility index (Phi) is 10.6. The molecule has 0 aliphatic heterocycles. The summed E-state index contributed by atoms with van der Waals surface area (Å²) in [5.41, 5.74) is 1.88. The van der Waals surface area contributed by atoms with Gasteiger partial charge in [0.25, 0.3) is 10.0 Å². The van der Waals surface area contributed by atoms with E-state index in [4.69, 9.17) is 16.3 Å². The van der Waals surface area contributed by atoms with Gasteiger partial charge in [0.05, 0.1) is 22.7 Å². The van der Waals surface area contributed by atoms with Crippen molar-refractivity contribution in [3.05, 3.63) is 87.4 Å². The van der Waals surface area contributed by atoms with E-state index < -0.39 is 28.5 Å². The summed E-state index contributed by atoms with van der Waals surface area (Å²) in [7, 11) is -2.74. The van der Waals surface area contributed by atoms with E-state index in [1.54, 1.807) is 31.2 Å². The summed E-state index contributed by atoms with van der Waals surface area (Å²) in [6.45, 7) is 3.09. The third-order valence-corrected chi connectivity index (χ3v) is 10.00. The Bertz CT molecular complexity index is 1530. The minimum absolute atomic E-state index is 0.0263. The first kappa shape index (κ1) is 31.8. The van der Waals surface area contributed by atoms with Gasteiger partial charge in [-0.25, -0.2) is 8.42 Å². The average molecular weight is 677 g/mol. The van der Waals surface area contributed by atoms with Gasteiger partial charge in [0.2, 0.25) is 11.8 Å². The lowest BCUT2D eigenvalue weighted by atomic mass is 10.1. The minimum Gasteiger partial charge on any atom is -0.495 e. The van der Waals surface area contributed by atoms with Crippen LogP contribution < -0.4 is 14.4 Å². The second kappa shape index (κ2) is 13.9. The first-order valence-corrected chi connectivity index (χ1v) is 16.4. The van der Waals surface area contributed by atoms with Crippen LogP contribution in [0.25, 0.3) is 0 Å². The Morgan fingerprint density at radius 2 is 1.76 bits per heavy atom. The molecule has 1 saturated carbocycles. The summed E-state index contributed by atoms with van der Waals surface area (Å²) in [5.74, 6) is -0.440. The number of ether oxygens (including phenoxy) is 1. The monoisotopic (exact) mass is 675 g/mol. The van der Waals surface area contributed by atoms with Crippen molar-refractivity contribution < 1.29 is 22.7 Å². The van der Waals surface area contributed by atoms with Gasteiger partial charge in [-0.3, -0.25) is 13.9 Å². The van der Waals surface area contributed by atoms with E-state index in [2.05, 4.69) is 21.2 Å². The van der Waals surface area contributed by atoms with Crippen molar-refractivity contribution >= 4 is 55.1 Å². The fourth-order valence-electron chi connectivity index (χ4n) is 4.98. The zero-order valence-corrected chi connectivity index (χ0v) is 27.0. The average Bonchev–Trinajstić information content (AvgIpc) is 3.47. The number of hydrogen-bond acceptors (Lipinski definition) is 5. The normalized spacial score (nSPS) is 14.3. The van der Waals surface area contributed by atoms with Crippen molar-refractivity contribution in [3.63, 3.8) is 0 Å². The third-order valence-electron chi connectivity index (χ3n) is 7.42. The maximum Gasteiger partial charge on any atom is 0.264 e. The second-order valence-corrected chi connectivity index (χ2v) is 13.6. The van der Waals surface area contributed by atoms with Crippen molar-refractivity contribution in [3.8, 4) is 5.75 Å². The molecule has 0 saturated heterocycles. The van der Waals surface area contributed by atoms with Crippen LogP contribution in [0.5, 0.6) is 5.75 Å². The number of aryl methyl sites for hydroxylation is 1. The molecule has 11 heteroatoms. The van der Waals surface area contributed by atoms with Gasteiger partial charge in [-0.15, -0.1) is 0 Å². The van der Waals surface area contributed by atoms with E-state index in [0.29, 0.717) is 5.75 Å². The fourth-order valence-corrected chi connectivity index (χ4v) is 7.09. The number of carbonyl (C=O) groups is 2. The van der Waals surface area contributed by atoms with Crippen molar-refractivity contribution in [2.24, 2.45) is 0 Å². The number of nitrogens with one attached hydrogen (secondary N) is 1. The molecule has 0 bridgehead atoms. The van der Waals surface area contributed by atoms with Gasteiger partial charge in [0.15, 0.2) is 0 Å². The molecule has 0 spiro atoms. The van der Waals surface area contributed by atoms with Crippen LogP contribution in [0.1, 0.15) is 43.7 Å². The highest BCUT2D eigenvalue weighted by atomic mass is 79.9. The molecule has 224 valence electrons. The molecule has 8 nitrogen and oxygen atoms in total. The van der Waals surface area contributed by atoms with E-state index in [-0.39, 0.29) is 34.1 Å². The maximum atomic E-state index is 14.1. The molecule has 4 rings (SSSR count). The Balaban J connectivity index is 1.71. The molecule has 2 amide bonds. The number of anilines is 1. The highest BCUT2D eigenvalue weighted by Crippen LogP contribution is 2.32. The number of hydrogen-bond donors (Lipinski definition) is 1. The smallest absolute Gasteiger partial charge is 0.264 e. The van der Waals surface area contributed by atoms with E-state index in [1.807, 2.05) is 31.2 Å². The summed E-state index contributed by atoms with van der Waals surface area (Å²) in [5, 5.41) is 3.27. The highest BCUT2D eigenvalue weighted by Gasteiger charge is 2.33. The summed E-state index contributed by atoms with van der Waals surface area (Å²) >= 11 is 9.85. The first-order valence-electron chi connectivity index (χ1n) is 13.8. The molecule has 1 aliphatic carbocycles. The lowest BCUT2D eigenvalue weighted by Gasteiger charge is -2.32. The summed E-state index contributed by atoms with van der Waals surface area (Å²) in [6.07, 6.45) is 3.91. The minimum atomic E-state index is -4.20. The van der Waals surface area contributed by atoms with Gasteiger partial charge in [-0.05, 0) is 74.7 Å². The van der Waals surface area contributed by atoms with Crippen molar-refractivity contribution in [2.75, 3.05) is 18.0 Å². The molecule has 1 unspecified atom stereocenters. The maximum absolute atomic E-state index is 14.1. The quantitative estimate of drug-likeness (QED) is 0.265. The number of amides is 2. The second-order valence-electron chi connectivity index (χ2n) is 10.5. The molecular weight excluding hydrogens is 642 g/mol. The topological polar surface area (TPSA) is 96.0 Å². The largest absolute Gasteiger partial charge is 0.495 e. The standard InChI is InChI=1S/C31H35BrClN3O5S/c1-21-11-14-27(15-12-21)42(39,40)36(26-13-16-29(41-3)28(33)18-26)20-30(37)35(19-23-7-6-8-24(32)17-23)22(2)31(38)34-25-9-4-5-10-25/h6-8,11-18,22,25H,4-5,9-10,19-20H2,1-3H3,(H,34,38). The number of benzene rings is 3.